The smallest absolute Gasteiger partial charge is 0.407 e. The molecule has 31 heavy (non-hydrogen) atoms. The van der Waals surface area contributed by atoms with E-state index in [9.17, 15) is 29.7 Å². The van der Waals surface area contributed by atoms with Crippen LogP contribution in [0.3, 0.4) is 0 Å². The number of hydrogen-bond donors (Lipinski definition) is 6. The fourth-order valence-corrected chi connectivity index (χ4v) is 3.68. The van der Waals surface area contributed by atoms with E-state index in [1.807, 2.05) is 0 Å². The topological polar surface area (TPSA) is 192 Å². The van der Waals surface area contributed by atoms with Gasteiger partial charge < -0.3 is 45.1 Å². The Balaban J connectivity index is 1.82. The molecular formula is C19H31NO11. The molecule has 1 saturated heterocycles. The Labute approximate surface area is 179 Å². The second-order valence-corrected chi connectivity index (χ2v) is 7.88. The lowest BCUT2D eigenvalue weighted by molar-refractivity contribution is -0.311. The summed E-state index contributed by atoms with van der Waals surface area (Å²) in [6.07, 6.45) is -5.39. The third kappa shape index (κ3) is 7.01. The van der Waals surface area contributed by atoms with Gasteiger partial charge in [0.25, 0.3) is 0 Å². The van der Waals surface area contributed by atoms with Crippen LogP contribution in [-0.2, 0) is 23.8 Å². The highest BCUT2D eigenvalue weighted by Crippen LogP contribution is 2.29. The number of hydrogen-bond acceptors (Lipinski definition) is 9. The van der Waals surface area contributed by atoms with Crippen LogP contribution < -0.4 is 5.32 Å². The van der Waals surface area contributed by atoms with Crippen LogP contribution in [0.1, 0.15) is 45.4 Å². The van der Waals surface area contributed by atoms with Gasteiger partial charge in [-0.05, 0) is 39.0 Å². The van der Waals surface area contributed by atoms with Crippen molar-refractivity contribution in [3.8, 4) is 0 Å². The maximum absolute atomic E-state index is 12.1. The Bertz CT molecular complexity index is 616. The number of aliphatic hydroxyl groups is 3. The number of nitrogens with one attached hydrogen (secondary N) is 1. The van der Waals surface area contributed by atoms with Crippen molar-refractivity contribution in [1.29, 1.82) is 0 Å². The van der Waals surface area contributed by atoms with Gasteiger partial charge in [0.1, 0.15) is 24.4 Å². The summed E-state index contributed by atoms with van der Waals surface area (Å²) in [6.45, 7) is 1.58. The predicted molar refractivity (Wildman–Crippen MR) is 102 cm³/mol. The van der Waals surface area contributed by atoms with E-state index in [-0.39, 0.29) is 19.4 Å². The molecule has 1 heterocycles. The molecule has 0 radical (unpaired) electrons. The van der Waals surface area contributed by atoms with Gasteiger partial charge >= 0.3 is 18.0 Å². The Kier molecular flexibility index (Phi) is 9.44. The lowest BCUT2D eigenvalue weighted by Gasteiger charge is -2.42. The van der Waals surface area contributed by atoms with Crippen LogP contribution >= 0.6 is 0 Å². The minimum atomic E-state index is -1.54. The molecule has 0 aromatic rings. The lowest BCUT2D eigenvalue weighted by Crippen LogP contribution is -2.58. The van der Waals surface area contributed by atoms with Crippen molar-refractivity contribution in [3.05, 3.63) is 0 Å². The van der Waals surface area contributed by atoms with Crippen LogP contribution in [-0.4, -0.2) is 93.0 Å². The van der Waals surface area contributed by atoms with Crippen molar-refractivity contribution < 1.29 is 54.1 Å². The SMILES string of the molecule is C[C@@H]1O[C@@H](O[C@@H]2CCCC[C@H]2OC(=O)NCCCC(C(=O)O)C(=O)O)[C@@H](O)[C@H](O)[C@@H]1O. The van der Waals surface area contributed by atoms with Crippen molar-refractivity contribution in [2.24, 2.45) is 5.92 Å². The van der Waals surface area contributed by atoms with Gasteiger partial charge in [-0.25, -0.2) is 4.79 Å². The first kappa shape index (κ1) is 25.3. The third-order valence-corrected chi connectivity index (χ3v) is 5.55. The van der Waals surface area contributed by atoms with Gasteiger partial charge in [-0.1, -0.05) is 6.42 Å². The molecule has 0 spiro atoms. The molecule has 2 rings (SSSR count). The summed E-state index contributed by atoms with van der Waals surface area (Å²) in [5.74, 6) is -4.40. The van der Waals surface area contributed by atoms with Crippen LogP contribution in [0.2, 0.25) is 0 Å². The van der Waals surface area contributed by atoms with Crippen molar-refractivity contribution >= 4 is 18.0 Å². The molecule has 0 unspecified atom stereocenters. The van der Waals surface area contributed by atoms with E-state index in [1.165, 1.54) is 6.92 Å². The number of carboxylic acid groups (broad SMARTS) is 2. The van der Waals surface area contributed by atoms with Gasteiger partial charge in [0, 0.05) is 6.54 Å². The standard InChI is InChI=1S/C19H31NO11/c1-9-13(21)14(22)15(23)18(29-9)30-11-6-2-3-7-12(11)31-19(28)20-8-4-5-10(16(24)25)17(26)27/h9-15,18,21-23H,2-8H2,1H3,(H,20,28)(H,24,25)(H,26,27)/t9-,11+,12+,13+,14+,15-,18-/m0/s1. The van der Waals surface area contributed by atoms with Crippen molar-refractivity contribution in [2.75, 3.05) is 6.54 Å². The van der Waals surface area contributed by atoms with E-state index in [1.54, 1.807) is 0 Å². The highest BCUT2D eigenvalue weighted by molar-refractivity contribution is 5.92. The summed E-state index contributed by atoms with van der Waals surface area (Å²) in [4.78, 5) is 33.8. The summed E-state index contributed by atoms with van der Waals surface area (Å²) in [5, 5.41) is 50.0. The number of alkyl carbamates (subject to hydrolysis) is 1. The first-order valence-corrected chi connectivity index (χ1v) is 10.4. The van der Waals surface area contributed by atoms with Gasteiger partial charge in [0.05, 0.1) is 12.2 Å². The first-order valence-electron chi connectivity index (χ1n) is 10.4. The zero-order valence-electron chi connectivity index (χ0n) is 17.3. The summed E-state index contributed by atoms with van der Waals surface area (Å²) in [6, 6.07) is 0. The number of carbonyl (C=O) groups excluding carboxylic acids is 1. The molecule has 6 N–H and O–H groups in total. The summed E-state index contributed by atoms with van der Waals surface area (Å²) >= 11 is 0. The number of carbonyl (C=O) groups is 3. The zero-order valence-corrected chi connectivity index (χ0v) is 17.3. The van der Waals surface area contributed by atoms with Crippen molar-refractivity contribution in [2.45, 2.75) is 88.4 Å². The second-order valence-electron chi connectivity index (χ2n) is 7.88. The molecule has 12 heteroatoms. The molecule has 1 amide bonds. The van der Waals surface area contributed by atoms with E-state index in [2.05, 4.69) is 5.32 Å². The first-order chi connectivity index (χ1) is 14.6. The molecule has 1 aliphatic carbocycles. The van der Waals surface area contributed by atoms with E-state index in [0.717, 1.165) is 12.8 Å². The Morgan fingerprint density at radius 1 is 1.00 bits per heavy atom. The van der Waals surface area contributed by atoms with Crippen molar-refractivity contribution in [1.82, 2.24) is 5.32 Å². The number of amides is 1. The van der Waals surface area contributed by atoms with Gasteiger partial charge in [-0.3, -0.25) is 9.59 Å². The Hall–Kier alpha value is -1.99. The average molecular weight is 449 g/mol. The molecule has 2 fully saturated rings. The van der Waals surface area contributed by atoms with E-state index in [0.29, 0.717) is 12.8 Å². The maximum atomic E-state index is 12.1. The van der Waals surface area contributed by atoms with Gasteiger partial charge in [0.2, 0.25) is 0 Å². The lowest BCUT2D eigenvalue weighted by atomic mass is 9.94. The van der Waals surface area contributed by atoms with Gasteiger partial charge in [-0.15, -0.1) is 0 Å². The molecule has 2 aliphatic rings. The molecule has 0 aromatic heterocycles. The quantitative estimate of drug-likeness (QED) is 0.195. The van der Waals surface area contributed by atoms with E-state index < -0.39 is 66.9 Å². The molecule has 178 valence electrons. The average Bonchev–Trinajstić information content (AvgIpc) is 2.71. The van der Waals surface area contributed by atoms with Crippen LogP contribution in [0, 0.1) is 5.92 Å². The number of carboxylic acids is 2. The minimum absolute atomic E-state index is 0.0418. The fourth-order valence-electron chi connectivity index (χ4n) is 3.68. The van der Waals surface area contributed by atoms with Crippen molar-refractivity contribution in [3.63, 3.8) is 0 Å². The Morgan fingerprint density at radius 3 is 2.23 bits per heavy atom. The normalized spacial score (nSPS) is 33.6. The maximum Gasteiger partial charge on any atom is 0.407 e. The third-order valence-electron chi connectivity index (χ3n) is 5.55. The zero-order chi connectivity index (χ0) is 23.1. The predicted octanol–water partition coefficient (Wildman–Crippen LogP) is -0.566. The number of rotatable bonds is 9. The van der Waals surface area contributed by atoms with E-state index >= 15 is 0 Å². The molecule has 0 aromatic carbocycles. The molecular weight excluding hydrogens is 418 g/mol. The van der Waals surface area contributed by atoms with Crippen LogP contribution in [0.25, 0.3) is 0 Å². The van der Waals surface area contributed by atoms with E-state index in [4.69, 9.17) is 24.4 Å². The fraction of sp³-hybridized carbons (Fsp3) is 0.842. The number of aliphatic carboxylic acids is 2. The molecule has 0 bridgehead atoms. The van der Waals surface area contributed by atoms with Gasteiger partial charge in [-0.2, -0.15) is 0 Å². The highest BCUT2D eigenvalue weighted by Gasteiger charge is 2.44. The summed E-state index contributed by atoms with van der Waals surface area (Å²) < 4.78 is 16.6. The molecule has 1 aliphatic heterocycles. The largest absolute Gasteiger partial charge is 0.481 e. The number of aliphatic hydroxyl groups excluding tert-OH is 3. The monoisotopic (exact) mass is 449 g/mol. The summed E-state index contributed by atoms with van der Waals surface area (Å²) in [7, 11) is 0. The second kappa shape index (κ2) is 11.6. The van der Waals surface area contributed by atoms with Crippen LogP contribution in [0.5, 0.6) is 0 Å². The van der Waals surface area contributed by atoms with Gasteiger partial charge in [0.15, 0.2) is 12.2 Å². The van der Waals surface area contributed by atoms with Crippen LogP contribution in [0.15, 0.2) is 0 Å². The highest BCUT2D eigenvalue weighted by atomic mass is 16.7. The molecule has 1 saturated carbocycles. The number of ether oxygens (including phenoxy) is 3. The van der Waals surface area contributed by atoms with Crippen LogP contribution in [0.4, 0.5) is 4.79 Å². The molecule has 12 nitrogen and oxygen atoms in total. The molecule has 7 atom stereocenters. The Morgan fingerprint density at radius 2 is 1.61 bits per heavy atom. The minimum Gasteiger partial charge on any atom is -0.481 e. The summed E-state index contributed by atoms with van der Waals surface area (Å²) in [5.41, 5.74) is 0.